The van der Waals surface area contributed by atoms with Crippen LogP contribution < -0.4 is 16.4 Å². The predicted molar refractivity (Wildman–Crippen MR) is 99.0 cm³/mol. The van der Waals surface area contributed by atoms with Gasteiger partial charge < -0.3 is 16.4 Å². The molecule has 24 heavy (non-hydrogen) atoms. The lowest BCUT2D eigenvalue weighted by Crippen LogP contribution is -2.30. The van der Waals surface area contributed by atoms with Gasteiger partial charge in [0, 0.05) is 29.2 Å². The zero-order valence-electron chi connectivity index (χ0n) is 13.8. The van der Waals surface area contributed by atoms with E-state index in [1.807, 2.05) is 20.8 Å². The number of aryl methyl sites for hydroxylation is 1. The molecule has 0 aliphatic carbocycles. The number of aromatic nitrogens is 1. The number of nitrogens with zero attached hydrogens (tertiary/aromatic N) is 1. The van der Waals surface area contributed by atoms with E-state index in [1.54, 1.807) is 23.6 Å². The van der Waals surface area contributed by atoms with Gasteiger partial charge in [0.05, 0.1) is 0 Å². The molecule has 1 aromatic heterocycles. The zero-order chi connectivity index (χ0) is 17.0. The van der Waals surface area contributed by atoms with Crippen LogP contribution in [0.25, 0.3) is 0 Å². The maximum atomic E-state index is 12.2. The molecule has 0 unspecified atom stereocenters. The van der Waals surface area contributed by atoms with Crippen molar-refractivity contribution in [1.82, 2.24) is 10.3 Å². The normalized spacial score (nSPS) is 10.2. The summed E-state index contributed by atoms with van der Waals surface area (Å²) in [5.74, 6) is -0.479. The van der Waals surface area contributed by atoms with Crippen LogP contribution >= 0.6 is 23.7 Å². The Morgan fingerprint density at radius 2 is 2.00 bits per heavy atom. The van der Waals surface area contributed by atoms with Crippen molar-refractivity contribution < 1.29 is 9.59 Å². The first kappa shape index (κ1) is 20.1. The number of benzene rings is 1. The Hall–Kier alpha value is -1.96. The lowest BCUT2D eigenvalue weighted by atomic mass is 10.1. The molecule has 8 heteroatoms. The van der Waals surface area contributed by atoms with Crippen molar-refractivity contribution in [3.05, 3.63) is 45.4 Å². The Bertz CT molecular complexity index is 731. The summed E-state index contributed by atoms with van der Waals surface area (Å²) in [7, 11) is 0. The number of anilines is 1. The minimum atomic E-state index is -0.319. The lowest BCUT2D eigenvalue weighted by molar-refractivity contribution is 0.0941. The third-order valence-electron chi connectivity index (χ3n) is 3.12. The first-order valence-electron chi connectivity index (χ1n) is 7.28. The summed E-state index contributed by atoms with van der Waals surface area (Å²) in [4.78, 5) is 28.5. The second kappa shape index (κ2) is 8.77. The average molecular weight is 369 g/mol. The molecule has 0 fully saturated rings. The molecule has 4 N–H and O–H groups in total. The molecule has 0 radical (unpaired) electrons. The summed E-state index contributed by atoms with van der Waals surface area (Å²) in [6.45, 7) is 5.96. The molecular formula is C16H21ClN4O2S. The van der Waals surface area contributed by atoms with Crippen LogP contribution in [0.15, 0.2) is 23.6 Å². The van der Waals surface area contributed by atoms with E-state index in [1.165, 1.54) is 11.3 Å². The highest BCUT2D eigenvalue weighted by atomic mass is 35.5. The Kier molecular flexibility index (Phi) is 7.34. The second-order valence-corrected chi connectivity index (χ2v) is 6.39. The van der Waals surface area contributed by atoms with Crippen LogP contribution in [0.2, 0.25) is 0 Å². The number of carbonyl (C=O) groups is 2. The standard InChI is InChI=1S/C16H20N4O2S.ClH/c1-9(2)18-15(21)12-6-11(5-4-10(12)3)19-16(22)13-8-23-14(7-17)20-13;/h4-6,8-9H,7,17H2,1-3H3,(H,18,21)(H,19,22);1H. The third kappa shape index (κ3) is 5.02. The van der Waals surface area contributed by atoms with Crippen molar-refractivity contribution in [3.63, 3.8) is 0 Å². The van der Waals surface area contributed by atoms with Crippen molar-refractivity contribution in [3.8, 4) is 0 Å². The van der Waals surface area contributed by atoms with E-state index in [2.05, 4.69) is 15.6 Å². The molecule has 0 spiro atoms. The summed E-state index contributed by atoms with van der Waals surface area (Å²) in [5.41, 5.74) is 7.76. The zero-order valence-corrected chi connectivity index (χ0v) is 15.4. The highest BCUT2D eigenvalue weighted by molar-refractivity contribution is 7.09. The number of amides is 2. The Morgan fingerprint density at radius 3 is 2.58 bits per heavy atom. The number of halogens is 1. The summed E-state index contributed by atoms with van der Waals surface area (Å²) >= 11 is 1.34. The van der Waals surface area contributed by atoms with E-state index in [0.717, 1.165) is 5.56 Å². The van der Waals surface area contributed by atoms with Gasteiger partial charge in [-0.3, -0.25) is 9.59 Å². The minimum absolute atomic E-state index is 0. The number of hydrogen-bond acceptors (Lipinski definition) is 5. The lowest BCUT2D eigenvalue weighted by Gasteiger charge is -2.12. The van der Waals surface area contributed by atoms with Crippen molar-refractivity contribution >= 4 is 41.2 Å². The van der Waals surface area contributed by atoms with E-state index in [-0.39, 0.29) is 30.3 Å². The van der Waals surface area contributed by atoms with Crippen LogP contribution in [0.3, 0.4) is 0 Å². The summed E-state index contributed by atoms with van der Waals surface area (Å²) in [6.07, 6.45) is 0. The molecule has 2 aromatic rings. The molecule has 0 saturated carbocycles. The average Bonchev–Trinajstić information content (AvgIpc) is 2.97. The van der Waals surface area contributed by atoms with Crippen LogP contribution in [0.5, 0.6) is 0 Å². The van der Waals surface area contributed by atoms with Crippen molar-refractivity contribution in [2.75, 3.05) is 5.32 Å². The fraction of sp³-hybridized carbons (Fsp3) is 0.312. The highest BCUT2D eigenvalue weighted by Gasteiger charge is 2.14. The number of nitrogens with one attached hydrogen (secondary N) is 2. The van der Waals surface area contributed by atoms with E-state index in [0.29, 0.717) is 28.5 Å². The maximum absolute atomic E-state index is 12.2. The third-order valence-corrected chi connectivity index (χ3v) is 3.99. The van der Waals surface area contributed by atoms with Crippen molar-refractivity contribution in [2.24, 2.45) is 5.73 Å². The summed E-state index contributed by atoms with van der Waals surface area (Å²) in [6, 6.07) is 5.28. The molecule has 0 atom stereocenters. The van der Waals surface area contributed by atoms with E-state index in [9.17, 15) is 9.59 Å². The van der Waals surface area contributed by atoms with Gasteiger partial charge in [0.25, 0.3) is 11.8 Å². The Morgan fingerprint density at radius 1 is 1.29 bits per heavy atom. The van der Waals surface area contributed by atoms with Gasteiger partial charge in [0.2, 0.25) is 0 Å². The SMILES string of the molecule is Cc1ccc(NC(=O)c2csc(CN)n2)cc1C(=O)NC(C)C.Cl. The molecule has 130 valence electrons. The number of rotatable bonds is 5. The second-order valence-electron chi connectivity index (χ2n) is 5.44. The molecule has 0 bridgehead atoms. The van der Waals surface area contributed by atoms with Gasteiger partial charge >= 0.3 is 0 Å². The molecule has 1 heterocycles. The van der Waals surface area contributed by atoms with Gasteiger partial charge in [-0.1, -0.05) is 6.07 Å². The topological polar surface area (TPSA) is 97.1 Å². The summed E-state index contributed by atoms with van der Waals surface area (Å²) < 4.78 is 0. The predicted octanol–water partition coefficient (Wildman–Crippen LogP) is 2.72. The van der Waals surface area contributed by atoms with E-state index in [4.69, 9.17) is 5.73 Å². The van der Waals surface area contributed by atoms with E-state index >= 15 is 0 Å². The van der Waals surface area contributed by atoms with Gasteiger partial charge in [-0.05, 0) is 38.5 Å². The van der Waals surface area contributed by atoms with Crippen LogP contribution in [0, 0.1) is 6.92 Å². The van der Waals surface area contributed by atoms with Crippen LogP contribution in [0.1, 0.15) is 45.3 Å². The first-order chi connectivity index (χ1) is 10.9. The molecule has 6 nitrogen and oxygen atoms in total. The quantitative estimate of drug-likeness (QED) is 0.755. The van der Waals surface area contributed by atoms with Crippen molar-refractivity contribution in [1.29, 1.82) is 0 Å². The smallest absolute Gasteiger partial charge is 0.275 e. The summed E-state index contributed by atoms with van der Waals surface area (Å²) in [5, 5.41) is 7.97. The molecule has 1 aromatic carbocycles. The van der Waals surface area contributed by atoms with Gasteiger partial charge in [0.15, 0.2) is 0 Å². The highest BCUT2D eigenvalue weighted by Crippen LogP contribution is 2.17. The molecule has 0 aliphatic rings. The Labute approximate surface area is 151 Å². The fourth-order valence-corrected chi connectivity index (χ4v) is 2.64. The van der Waals surface area contributed by atoms with Gasteiger partial charge in [-0.2, -0.15) is 0 Å². The monoisotopic (exact) mass is 368 g/mol. The molecule has 0 aliphatic heterocycles. The van der Waals surface area contributed by atoms with Crippen LogP contribution in [0.4, 0.5) is 5.69 Å². The molecular weight excluding hydrogens is 348 g/mol. The van der Waals surface area contributed by atoms with Gasteiger partial charge in [-0.15, -0.1) is 23.7 Å². The number of thiazole rings is 1. The molecule has 2 rings (SSSR count). The van der Waals surface area contributed by atoms with Crippen LogP contribution in [-0.4, -0.2) is 22.8 Å². The van der Waals surface area contributed by atoms with E-state index < -0.39 is 0 Å². The number of hydrogen-bond donors (Lipinski definition) is 3. The maximum Gasteiger partial charge on any atom is 0.275 e. The van der Waals surface area contributed by atoms with Crippen molar-refractivity contribution in [2.45, 2.75) is 33.4 Å². The molecule has 0 saturated heterocycles. The fourth-order valence-electron chi connectivity index (χ4n) is 1.99. The first-order valence-corrected chi connectivity index (χ1v) is 8.16. The van der Waals surface area contributed by atoms with Gasteiger partial charge in [0.1, 0.15) is 10.7 Å². The molecule has 2 amide bonds. The van der Waals surface area contributed by atoms with Crippen LogP contribution in [-0.2, 0) is 6.54 Å². The van der Waals surface area contributed by atoms with Gasteiger partial charge in [-0.25, -0.2) is 4.98 Å². The largest absolute Gasteiger partial charge is 0.350 e. The minimum Gasteiger partial charge on any atom is -0.350 e. The number of nitrogens with two attached hydrogens (primary N) is 1. The number of carbonyl (C=O) groups excluding carboxylic acids is 2. The Balaban J connectivity index is 0.00000288.